The molecule has 0 atom stereocenters. The maximum Gasteiger partial charge on any atom is 0.300 e. The zero-order chi connectivity index (χ0) is 17.3. The topological polar surface area (TPSA) is 55.1 Å². The third kappa shape index (κ3) is 3.33. The van der Waals surface area contributed by atoms with Crippen molar-refractivity contribution in [3.63, 3.8) is 0 Å². The molecular formula is C18H16BrFN2O2. The molecular weight excluding hydrogens is 375 g/mol. The highest BCUT2D eigenvalue weighted by Gasteiger charge is 2.18. The summed E-state index contributed by atoms with van der Waals surface area (Å²) in [6, 6.07) is 10.9. The largest absolute Gasteiger partial charge is 0.420 e. The van der Waals surface area contributed by atoms with Gasteiger partial charge in [0.1, 0.15) is 11.3 Å². The molecule has 3 rings (SSSR count). The Bertz CT molecular complexity index is 905. The first-order valence-corrected chi connectivity index (χ1v) is 8.37. The number of carbonyl (C=O) groups is 1. The van der Waals surface area contributed by atoms with Gasteiger partial charge in [0.2, 0.25) is 0 Å². The van der Waals surface area contributed by atoms with Gasteiger partial charge in [0.05, 0.1) is 5.69 Å². The lowest BCUT2D eigenvalue weighted by atomic mass is 10.0. The minimum atomic E-state index is -0.533. The maximum atomic E-state index is 14.6. The number of hydrogen-bond donors (Lipinski definition) is 1. The zero-order valence-corrected chi connectivity index (χ0v) is 14.9. The van der Waals surface area contributed by atoms with Gasteiger partial charge in [0, 0.05) is 16.8 Å². The molecule has 1 N–H and O–H groups in total. The lowest BCUT2D eigenvalue weighted by molar-refractivity contribution is -0.121. The molecule has 0 unspecified atom stereocenters. The summed E-state index contributed by atoms with van der Waals surface area (Å²) >= 11 is 3.42. The Kier molecular flexibility index (Phi) is 4.66. The molecule has 3 aromatic rings. The third-order valence-electron chi connectivity index (χ3n) is 3.70. The molecule has 0 fully saturated rings. The molecule has 4 nitrogen and oxygen atoms in total. The van der Waals surface area contributed by atoms with Gasteiger partial charge < -0.3 is 9.73 Å². The molecule has 0 aliphatic heterocycles. The summed E-state index contributed by atoms with van der Waals surface area (Å²) in [4.78, 5) is 16.1. The van der Waals surface area contributed by atoms with Crippen LogP contribution in [0.25, 0.3) is 11.1 Å². The Hall–Kier alpha value is -2.21. The first-order valence-electron chi connectivity index (χ1n) is 7.58. The van der Waals surface area contributed by atoms with E-state index in [1.54, 1.807) is 26.0 Å². The van der Waals surface area contributed by atoms with Crippen molar-refractivity contribution in [2.45, 2.75) is 20.3 Å². The molecule has 24 heavy (non-hydrogen) atoms. The van der Waals surface area contributed by atoms with Crippen molar-refractivity contribution in [2.24, 2.45) is 5.92 Å². The van der Waals surface area contributed by atoms with Crippen molar-refractivity contribution in [3.05, 3.63) is 52.3 Å². The van der Waals surface area contributed by atoms with Crippen molar-refractivity contribution in [3.8, 4) is 0 Å². The number of oxazole rings is 1. The Labute approximate surface area is 147 Å². The monoisotopic (exact) mass is 390 g/mol. The van der Waals surface area contributed by atoms with Crippen LogP contribution in [0.3, 0.4) is 0 Å². The van der Waals surface area contributed by atoms with Crippen LogP contribution in [0.15, 0.2) is 45.3 Å². The highest BCUT2D eigenvalue weighted by Crippen LogP contribution is 2.29. The van der Waals surface area contributed by atoms with Crippen molar-refractivity contribution in [1.82, 2.24) is 4.98 Å². The minimum absolute atomic E-state index is 0.0145. The van der Waals surface area contributed by atoms with Crippen LogP contribution in [-0.4, -0.2) is 10.8 Å². The molecule has 0 saturated heterocycles. The number of para-hydroxylation sites is 1. The Morgan fingerprint density at radius 1 is 1.29 bits per heavy atom. The van der Waals surface area contributed by atoms with Gasteiger partial charge in [-0.2, -0.15) is 4.98 Å². The number of fused-ring (bicyclic) bond motifs is 1. The molecule has 0 radical (unpaired) electrons. The fourth-order valence-corrected chi connectivity index (χ4v) is 2.64. The van der Waals surface area contributed by atoms with Gasteiger partial charge in [-0.25, -0.2) is 4.39 Å². The zero-order valence-electron chi connectivity index (χ0n) is 13.3. The number of benzene rings is 2. The maximum absolute atomic E-state index is 14.6. The second-order valence-corrected chi connectivity index (χ2v) is 6.66. The fraction of sp³-hybridized carbons (Fsp3) is 0.222. The molecule has 0 aliphatic rings. The van der Waals surface area contributed by atoms with Crippen LogP contribution in [0.2, 0.25) is 0 Å². The first-order chi connectivity index (χ1) is 11.5. The Morgan fingerprint density at radius 2 is 2.04 bits per heavy atom. The molecule has 0 bridgehead atoms. The average molecular weight is 391 g/mol. The number of aromatic nitrogens is 1. The van der Waals surface area contributed by atoms with Gasteiger partial charge in [0.15, 0.2) is 11.4 Å². The van der Waals surface area contributed by atoms with E-state index in [-0.39, 0.29) is 29.7 Å². The molecule has 0 amide bonds. The van der Waals surface area contributed by atoms with E-state index < -0.39 is 5.82 Å². The van der Waals surface area contributed by atoms with Crippen LogP contribution in [0.5, 0.6) is 0 Å². The van der Waals surface area contributed by atoms with Gasteiger partial charge in [0.25, 0.3) is 6.01 Å². The highest BCUT2D eigenvalue weighted by atomic mass is 79.9. The Balaban J connectivity index is 1.92. The summed E-state index contributed by atoms with van der Waals surface area (Å²) in [5, 5.41) is 3.01. The van der Waals surface area contributed by atoms with E-state index in [1.807, 2.05) is 24.3 Å². The van der Waals surface area contributed by atoms with Gasteiger partial charge >= 0.3 is 0 Å². The van der Waals surface area contributed by atoms with Gasteiger partial charge in [-0.15, -0.1) is 0 Å². The first kappa shape index (κ1) is 16.6. The van der Waals surface area contributed by atoms with Crippen LogP contribution in [0.1, 0.15) is 19.4 Å². The van der Waals surface area contributed by atoms with E-state index in [1.165, 1.54) is 0 Å². The van der Waals surface area contributed by atoms with Crippen molar-refractivity contribution < 1.29 is 13.6 Å². The molecule has 2 aromatic carbocycles. The standard InChI is InChI=1S/C18H16BrFN2O2/c1-10(2)15(23)9-11-7-8-14-17(16(11)20)24-18(22-14)21-13-6-4-3-5-12(13)19/h3-8,10H,9H2,1-2H3,(H,21,22). The lowest BCUT2D eigenvalue weighted by Gasteiger charge is -2.05. The Morgan fingerprint density at radius 3 is 2.75 bits per heavy atom. The summed E-state index contributed by atoms with van der Waals surface area (Å²) in [6.07, 6.45) is 0.0487. The number of nitrogens with zero attached hydrogens (tertiary/aromatic N) is 1. The normalized spacial score (nSPS) is 11.2. The van der Waals surface area contributed by atoms with Crippen molar-refractivity contribution >= 4 is 44.5 Å². The second kappa shape index (κ2) is 6.73. The predicted octanol–water partition coefficient (Wildman–Crippen LogP) is 5.24. The van der Waals surface area contributed by atoms with Crippen LogP contribution in [0, 0.1) is 11.7 Å². The molecule has 6 heteroatoms. The highest BCUT2D eigenvalue weighted by molar-refractivity contribution is 9.10. The van der Waals surface area contributed by atoms with Crippen molar-refractivity contribution in [1.29, 1.82) is 0 Å². The molecule has 1 heterocycles. The van der Waals surface area contributed by atoms with Crippen LogP contribution in [0.4, 0.5) is 16.1 Å². The molecule has 0 saturated carbocycles. The quantitative estimate of drug-likeness (QED) is 0.646. The van der Waals surface area contributed by atoms with Crippen molar-refractivity contribution in [2.75, 3.05) is 5.32 Å². The van der Waals surface area contributed by atoms with E-state index in [2.05, 4.69) is 26.2 Å². The minimum Gasteiger partial charge on any atom is -0.420 e. The average Bonchev–Trinajstić information content (AvgIpc) is 2.96. The summed E-state index contributed by atoms with van der Waals surface area (Å²) in [5.74, 6) is -0.684. The van der Waals surface area contributed by atoms with E-state index in [4.69, 9.17) is 4.42 Å². The van der Waals surface area contributed by atoms with Crippen LogP contribution < -0.4 is 5.32 Å². The van der Waals surface area contributed by atoms with E-state index in [0.717, 1.165) is 10.2 Å². The van der Waals surface area contributed by atoms with Gasteiger partial charge in [-0.1, -0.05) is 32.0 Å². The van der Waals surface area contributed by atoms with Gasteiger partial charge in [-0.3, -0.25) is 4.79 Å². The van der Waals surface area contributed by atoms with E-state index in [0.29, 0.717) is 11.1 Å². The second-order valence-electron chi connectivity index (χ2n) is 5.81. The summed E-state index contributed by atoms with van der Waals surface area (Å²) < 4.78 is 21.0. The number of rotatable bonds is 5. The fourth-order valence-electron chi connectivity index (χ4n) is 2.26. The molecule has 0 aliphatic carbocycles. The summed E-state index contributed by atoms with van der Waals surface area (Å²) in [7, 11) is 0. The lowest BCUT2D eigenvalue weighted by Crippen LogP contribution is -2.11. The van der Waals surface area contributed by atoms with Crippen LogP contribution in [-0.2, 0) is 11.2 Å². The number of anilines is 2. The third-order valence-corrected chi connectivity index (χ3v) is 4.39. The predicted molar refractivity (Wildman–Crippen MR) is 94.9 cm³/mol. The molecule has 0 spiro atoms. The number of halogens is 2. The van der Waals surface area contributed by atoms with E-state index >= 15 is 0 Å². The molecule has 124 valence electrons. The van der Waals surface area contributed by atoms with Gasteiger partial charge in [-0.05, 0) is 39.7 Å². The summed E-state index contributed by atoms with van der Waals surface area (Å²) in [5.41, 5.74) is 1.55. The smallest absolute Gasteiger partial charge is 0.300 e. The van der Waals surface area contributed by atoms with Crippen LogP contribution >= 0.6 is 15.9 Å². The number of Topliss-reactive ketones (excluding diaryl/α,β-unsaturated/α-hetero) is 1. The number of ketones is 1. The number of hydrogen-bond acceptors (Lipinski definition) is 4. The number of nitrogens with one attached hydrogen (secondary N) is 1. The SMILES string of the molecule is CC(C)C(=O)Cc1ccc2nc(Nc3ccccc3Br)oc2c1F. The van der Waals surface area contributed by atoms with E-state index in [9.17, 15) is 9.18 Å². The molecule has 1 aromatic heterocycles. The number of carbonyl (C=O) groups excluding carboxylic acids is 1. The summed E-state index contributed by atoms with van der Waals surface area (Å²) in [6.45, 7) is 3.60.